The Morgan fingerprint density at radius 3 is 2.64 bits per heavy atom. The Morgan fingerprint density at radius 1 is 1.15 bits per heavy atom. The summed E-state index contributed by atoms with van der Waals surface area (Å²) in [4.78, 5) is 32.9. The maximum absolute atomic E-state index is 13.6. The SMILES string of the molecule is COc1ccccc1-n1c(SCC(=O)Nc2ccc(C)cc2C)nc2sc(C)c(C)c2c1=O. The van der Waals surface area contributed by atoms with Crippen LogP contribution in [0.1, 0.15) is 21.6 Å². The zero-order chi connectivity index (χ0) is 23.7. The average molecular weight is 480 g/mol. The van der Waals surface area contributed by atoms with Gasteiger partial charge in [0.1, 0.15) is 10.6 Å². The van der Waals surface area contributed by atoms with Crippen molar-refractivity contribution in [2.75, 3.05) is 18.2 Å². The molecule has 2 aromatic heterocycles. The maximum Gasteiger partial charge on any atom is 0.267 e. The van der Waals surface area contributed by atoms with Crippen LogP contribution in [0.5, 0.6) is 5.75 Å². The number of nitrogens with zero attached hydrogens (tertiary/aromatic N) is 2. The fourth-order valence-corrected chi connectivity index (χ4v) is 5.55. The zero-order valence-corrected chi connectivity index (χ0v) is 20.8. The predicted molar refractivity (Wildman–Crippen MR) is 137 cm³/mol. The summed E-state index contributed by atoms with van der Waals surface area (Å²) in [6, 6.07) is 13.2. The Bertz CT molecular complexity index is 1420. The van der Waals surface area contributed by atoms with E-state index >= 15 is 0 Å². The largest absolute Gasteiger partial charge is 0.495 e. The molecular formula is C25H25N3O3S2. The Balaban J connectivity index is 1.73. The normalized spacial score (nSPS) is 11.1. The number of aryl methyl sites for hydroxylation is 4. The summed E-state index contributed by atoms with van der Waals surface area (Å²) in [6.45, 7) is 7.90. The number of amides is 1. The molecular weight excluding hydrogens is 454 g/mol. The lowest BCUT2D eigenvalue weighted by molar-refractivity contribution is -0.113. The highest BCUT2D eigenvalue weighted by atomic mass is 32.2. The van der Waals surface area contributed by atoms with Gasteiger partial charge in [0.05, 0.1) is 23.9 Å². The van der Waals surface area contributed by atoms with Gasteiger partial charge in [0.25, 0.3) is 5.56 Å². The fraction of sp³-hybridized carbons (Fsp3) is 0.240. The van der Waals surface area contributed by atoms with E-state index in [1.54, 1.807) is 17.7 Å². The molecule has 2 heterocycles. The number of methoxy groups -OCH3 is 1. The van der Waals surface area contributed by atoms with Gasteiger partial charge in [0, 0.05) is 10.6 Å². The van der Waals surface area contributed by atoms with Crippen LogP contribution in [0.2, 0.25) is 0 Å². The molecule has 0 atom stereocenters. The first-order valence-corrected chi connectivity index (χ1v) is 12.3. The van der Waals surface area contributed by atoms with Crippen LogP contribution in [0.3, 0.4) is 0 Å². The molecule has 0 radical (unpaired) electrons. The molecule has 0 aliphatic heterocycles. The van der Waals surface area contributed by atoms with E-state index in [0.29, 0.717) is 26.8 Å². The van der Waals surface area contributed by atoms with Crippen molar-refractivity contribution in [2.45, 2.75) is 32.9 Å². The third-order valence-corrected chi connectivity index (χ3v) is 7.53. The highest BCUT2D eigenvalue weighted by Gasteiger charge is 2.20. The van der Waals surface area contributed by atoms with Crippen LogP contribution >= 0.6 is 23.1 Å². The molecule has 0 spiro atoms. The summed E-state index contributed by atoms with van der Waals surface area (Å²) in [7, 11) is 1.57. The van der Waals surface area contributed by atoms with Gasteiger partial charge in [-0.25, -0.2) is 4.98 Å². The molecule has 4 rings (SSSR count). The number of thioether (sulfide) groups is 1. The number of hydrogen-bond acceptors (Lipinski definition) is 6. The van der Waals surface area contributed by atoms with Crippen molar-refractivity contribution >= 4 is 44.9 Å². The zero-order valence-electron chi connectivity index (χ0n) is 19.2. The number of rotatable bonds is 6. The van der Waals surface area contributed by atoms with Crippen molar-refractivity contribution < 1.29 is 9.53 Å². The van der Waals surface area contributed by atoms with Crippen molar-refractivity contribution in [1.82, 2.24) is 9.55 Å². The van der Waals surface area contributed by atoms with Crippen molar-refractivity contribution in [3.8, 4) is 11.4 Å². The van der Waals surface area contributed by atoms with Crippen LogP contribution in [0, 0.1) is 27.7 Å². The van der Waals surface area contributed by atoms with Crippen LogP contribution in [0.4, 0.5) is 5.69 Å². The molecule has 4 aromatic rings. The van der Waals surface area contributed by atoms with E-state index in [-0.39, 0.29) is 17.2 Å². The molecule has 1 amide bonds. The van der Waals surface area contributed by atoms with Gasteiger partial charge < -0.3 is 10.1 Å². The van der Waals surface area contributed by atoms with E-state index in [4.69, 9.17) is 9.72 Å². The first kappa shape index (κ1) is 23.1. The van der Waals surface area contributed by atoms with Crippen molar-refractivity contribution in [3.63, 3.8) is 0 Å². The molecule has 0 bridgehead atoms. The summed E-state index contributed by atoms with van der Waals surface area (Å²) in [5, 5.41) is 4.01. The van der Waals surface area contributed by atoms with Crippen LogP contribution < -0.4 is 15.6 Å². The average Bonchev–Trinajstić information content (AvgIpc) is 3.08. The van der Waals surface area contributed by atoms with E-state index < -0.39 is 0 Å². The highest BCUT2D eigenvalue weighted by Crippen LogP contribution is 2.31. The summed E-state index contributed by atoms with van der Waals surface area (Å²) in [6.07, 6.45) is 0. The lowest BCUT2D eigenvalue weighted by Crippen LogP contribution is -2.23. The quantitative estimate of drug-likeness (QED) is 0.295. The molecule has 2 aromatic carbocycles. The number of benzene rings is 2. The van der Waals surface area contributed by atoms with E-state index in [0.717, 1.165) is 27.3 Å². The van der Waals surface area contributed by atoms with Crippen molar-refractivity contribution in [1.29, 1.82) is 0 Å². The molecule has 0 saturated carbocycles. The lowest BCUT2D eigenvalue weighted by atomic mass is 10.1. The topological polar surface area (TPSA) is 73.2 Å². The minimum Gasteiger partial charge on any atom is -0.495 e. The van der Waals surface area contributed by atoms with Crippen molar-refractivity contribution in [2.24, 2.45) is 0 Å². The maximum atomic E-state index is 13.6. The highest BCUT2D eigenvalue weighted by molar-refractivity contribution is 7.99. The van der Waals surface area contributed by atoms with E-state index in [1.807, 2.05) is 64.1 Å². The fourth-order valence-electron chi connectivity index (χ4n) is 3.67. The van der Waals surface area contributed by atoms with Crippen LogP contribution in [-0.2, 0) is 4.79 Å². The molecule has 170 valence electrons. The summed E-state index contributed by atoms with van der Waals surface area (Å²) in [5.41, 5.74) is 4.29. The Morgan fingerprint density at radius 2 is 1.91 bits per heavy atom. The standard InChI is InChI=1S/C25H25N3O3S2/c1-14-10-11-18(15(2)12-14)26-21(29)13-32-25-27-23-22(16(3)17(4)33-23)24(30)28(25)19-8-6-7-9-20(19)31-5/h6-12H,13H2,1-5H3,(H,26,29). The summed E-state index contributed by atoms with van der Waals surface area (Å²) < 4.78 is 7.06. The number of carbonyl (C=O) groups is 1. The van der Waals surface area contributed by atoms with Gasteiger partial charge in [0.15, 0.2) is 5.16 Å². The molecule has 0 fully saturated rings. The Labute approximate surface area is 200 Å². The number of nitrogens with one attached hydrogen (secondary N) is 1. The molecule has 0 aliphatic carbocycles. The second-order valence-electron chi connectivity index (χ2n) is 7.83. The number of aromatic nitrogens is 2. The van der Waals surface area contributed by atoms with Crippen molar-refractivity contribution in [3.05, 3.63) is 74.4 Å². The molecule has 33 heavy (non-hydrogen) atoms. The third-order valence-electron chi connectivity index (χ3n) is 5.49. The molecule has 0 unspecified atom stereocenters. The number of carbonyl (C=O) groups excluding carboxylic acids is 1. The first-order valence-electron chi connectivity index (χ1n) is 10.5. The van der Waals surface area contributed by atoms with Gasteiger partial charge in [-0.2, -0.15) is 0 Å². The number of fused-ring (bicyclic) bond motifs is 1. The number of ether oxygens (including phenoxy) is 1. The predicted octanol–water partition coefficient (Wildman–Crippen LogP) is 5.42. The Hall–Kier alpha value is -3.10. The number of anilines is 1. The van der Waals surface area contributed by atoms with Gasteiger partial charge in [0.2, 0.25) is 5.91 Å². The Kier molecular flexibility index (Phi) is 6.58. The smallest absolute Gasteiger partial charge is 0.267 e. The molecule has 6 nitrogen and oxygen atoms in total. The van der Waals surface area contributed by atoms with E-state index in [2.05, 4.69) is 5.32 Å². The second kappa shape index (κ2) is 9.41. The van der Waals surface area contributed by atoms with Gasteiger partial charge >= 0.3 is 0 Å². The van der Waals surface area contributed by atoms with Crippen LogP contribution in [0.25, 0.3) is 15.9 Å². The number of thiophene rings is 1. The minimum atomic E-state index is -0.163. The molecule has 8 heteroatoms. The number of hydrogen-bond donors (Lipinski definition) is 1. The van der Waals surface area contributed by atoms with Crippen LogP contribution in [-0.4, -0.2) is 28.3 Å². The monoisotopic (exact) mass is 479 g/mol. The molecule has 0 saturated heterocycles. The second-order valence-corrected chi connectivity index (χ2v) is 9.97. The van der Waals surface area contributed by atoms with E-state index in [9.17, 15) is 9.59 Å². The first-order chi connectivity index (χ1) is 15.8. The van der Waals surface area contributed by atoms with Crippen LogP contribution in [0.15, 0.2) is 52.4 Å². The molecule has 1 N–H and O–H groups in total. The van der Waals surface area contributed by atoms with Gasteiger partial charge in [-0.3, -0.25) is 14.2 Å². The van der Waals surface area contributed by atoms with Gasteiger partial charge in [-0.15, -0.1) is 11.3 Å². The minimum absolute atomic E-state index is 0.115. The number of para-hydroxylation sites is 2. The van der Waals surface area contributed by atoms with Gasteiger partial charge in [-0.05, 0) is 57.0 Å². The lowest BCUT2D eigenvalue weighted by Gasteiger charge is -2.15. The van der Waals surface area contributed by atoms with Gasteiger partial charge in [-0.1, -0.05) is 41.6 Å². The summed E-state index contributed by atoms with van der Waals surface area (Å²) in [5.74, 6) is 0.516. The van der Waals surface area contributed by atoms with E-state index in [1.165, 1.54) is 23.1 Å². The summed E-state index contributed by atoms with van der Waals surface area (Å²) >= 11 is 2.72. The molecule has 0 aliphatic rings. The third kappa shape index (κ3) is 4.54.